The van der Waals surface area contributed by atoms with Crippen molar-refractivity contribution in [3.8, 4) is 11.1 Å². The number of aromatic amines is 1. The highest BCUT2D eigenvalue weighted by Gasteiger charge is 2.18. The van der Waals surface area contributed by atoms with Crippen molar-refractivity contribution < 1.29 is 4.79 Å². The molecule has 0 aliphatic carbocycles. The normalized spacial score (nSPS) is 14.5. The van der Waals surface area contributed by atoms with Gasteiger partial charge >= 0.3 is 0 Å². The van der Waals surface area contributed by atoms with E-state index < -0.39 is 0 Å². The summed E-state index contributed by atoms with van der Waals surface area (Å²) in [5.41, 5.74) is 7.46. The van der Waals surface area contributed by atoms with Crippen LogP contribution in [0.15, 0.2) is 47.5 Å². The minimum absolute atomic E-state index is 0.110. The molecule has 0 unspecified atom stereocenters. The Morgan fingerprint density at radius 3 is 2.52 bits per heavy atom. The Kier molecular flexibility index (Phi) is 8.07. The summed E-state index contributed by atoms with van der Waals surface area (Å²) in [5.74, 6) is 0.881. The Morgan fingerprint density at radius 2 is 1.85 bits per heavy atom. The van der Waals surface area contributed by atoms with E-state index in [4.69, 9.17) is 4.98 Å². The van der Waals surface area contributed by atoms with E-state index in [1.54, 1.807) is 0 Å². The smallest absolute Gasteiger partial charge is 0.253 e. The number of benzene rings is 1. The monoisotopic (exact) mass is 540 g/mol. The molecular weight excluding hydrogens is 500 g/mol. The third-order valence-corrected chi connectivity index (χ3v) is 8.10. The zero-order chi connectivity index (χ0) is 28.4. The van der Waals surface area contributed by atoms with Crippen LogP contribution in [0, 0.1) is 20.8 Å². The molecule has 0 radical (unpaired) electrons. The van der Waals surface area contributed by atoms with Crippen molar-refractivity contribution in [2.24, 2.45) is 0 Å². The fourth-order valence-electron chi connectivity index (χ4n) is 5.72. The van der Waals surface area contributed by atoms with Gasteiger partial charge in [-0.05, 0) is 86.7 Å². The number of H-pyrrole nitrogens is 1. The summed E-state index contributed by atoms with van der Waals surface area (Å²) in [6.07, 6.45) is 5.38. The molecule has 40 heavy (non-hydrogen) atoms. The van der Waals surface area contributed by atoms with Crippen LogP contribution >= 0.6 is 0 Å². The van der Waals surface area contributed by atoms with Gasteiger partial charge in [0.15, 0.2) is 0 Å². The van der Waals surface area contributed by atoms with Crippen LogP contribution < -0.4 is 21.1 Å². The van der Waals surface area contributed by atoms with Crippen molar-refractivity contribution in [3.63, 3.8) is 0 Å². The number of aromatic nitrogens is 3. The van der Waals surface area contributed by atoms with Crippen molar-refractivity contribution in [3.05, 3.63) is 81.0 Å². The number of piperazine rings is 1. The summed E-state index contributed by atoms with van der Waals surface area (Å²) in [4.78, 5) is 35.6. The topological polar surface area (TPSA) is 95.0 Å². The average molecular weight is 541 g/mol. The fourth-order valence-corrected chi connectivity index (χ4v) is 5.72. The van der Waals surface area contributed by atoms with Crippen LogP contribution in [0.4, 0.5) is 5.82 Å². The van der Waals surface area contributed by atoms with Gasteiger partial charge in [0.2, 0.25) is 5.91 Å². The summed E-state index contributed by atoms with van der Waals surface area (Å²) < 4.78 is 2.33. The van der Waals surface area contributed by atoms with Crippen molar-refractivity contribution in [1.29, 1.82) is 0 Å². The van der Waals surface area contributed by atoms with Gasteiger partial charge in [-0.15, -0.1) is 0 Å². The van der Waals surface area contributed by atoms with E-state index in [0.717, 1.165) is 82.8 Å². The van der Waals surface area contributed by atoms with Crippen LogP contribution in [0.3, 0.4) is 0 Å². The zero-order valence-corrected chi connectivity index (χ0v) is 24.2. The zero-order valence-electron chi connectivity index (χ0n) is 24.2. The Balaban J connectivity index is 1.47. The summed E-state index contributed by atoms with van der Waals surface area (Å²) in [6.45, 7) is 14.3. The van der Waals surface area contributed by atoms with E-state index in [0.29, 0.717) is 11.6 Å². The SMILES string of the molecule is CC[C@H](C)n1cc(C)c2c(CC(=O)NCc3c(C)cc(C)[nH]c3=O)cc(-c3ccc(N4CCNCC4)nc3)cc21. The highest BCUT2D eigenvalue weighted by atomic mass is 16.1. The first kappa shape index (κ1) is 27.6. The van der Waals surface area contributed by atoms with Gasteiger partial charge in [0, 0.05) is 78.9 Å². The average Bonchev–Trinajstić information content (AvgIpc) is 3.29. The molecular formula is C32H40N6O2. The lowest BCUT2D eigenvalue weighted by Gasteiger charge is -2.28. The third-order valence-electron chi connectivity index (χ3n) is 8.10. The molecule has 5 rings (SSSR count). The van der Waals surface area contributed by atoms with E-state index in [2.05, 4.69) is 76.3 Å². The number of nitrogens with one attached hydrogen (secondary N) is 3. The van der Waals surface area contributed by atoms with Crippen LogP contribution in [0.5, 0.6) is 0 Å². The second-order valence-corrected chi connectivity index (χ2v) is 11.0. The first-order chi connectivity index (χ1) is 19.2. The lowest BCUT2D eigenvalue weighted by atomic mass is 9.97. The van der Waals surface area contributed by atoms with Gasteiger partial charge in [-0.1, -0.05) is 6.92 Å². The van der Waals surface area contributed by atoms with Gasteiger partial charge in [0.1, 0.15) is 5.82 Å². The number of hydrogen-bond acceptors (Lipinski definition) is 5. The minimum atomic E-state index is -0.152. The Morgan fingerprint density at radius 1 is 1.07 bits per heavy atom. The molecule has 1 aromatic carbocycles. The first-order valence-corrected chi connectivity index (χ1v) is 14.3. The Bertz CT molecular complexity index is 1580. The molecule has 1 atom stereocenters. The Hall–Kier alpha value is -3.91. The second kappa shape index (κ2) is 11.7. The second-order valence-electron chi connectivity index (χ2n) is 11.0. The molecule has 210 valence electrons. The van der Waals surface area contributed by atoms with E-state index in [9.17, 15) is 9.59 Å². The number of aryl methyl sites for hydroxylation is 3. The molecule has 8 heteroatoms. The minimum Gasteiger partial charge on any atom is -0.354 e. The lowest BCUT2D eigenvalue weighted by molar-refractivity contribution is -0.120. The third kappa shape index (κ3) is 5.68. The molecule has 1 saturated heterocycles. The van der Waals surface area contributed by atoms with Crippen molar-refractivity contribution >= 4 is 22.6 Å². The maximum absolute atomic E-state index is 13.2. The molecule has 1 aliphatic rings. The van der Waals surface area contributed by atoms with Gasteiger partial charge in [-0.2, -0.15) is 0 Å². The standard InChI is InChI=1S/C32H40N6O2/c1-6-23(5)38-19-21(3)31-26(16-30(39)35-18-27-20(2)13-22(4)36-32(27)40)14-25(15-28(31)38)24-7-8-29(34-17-24)37-11-9-33-10-12-37/h7-8,13-15,17,19,23,33H,6,9-12,16,18H2,1-5H3,(H,35,39)(H,36,40)/t23-/m0/s1. The largest absolute Gasteiger partial charge is 0.354 e. The predicted octanol–water partition coefficient (Wildman–Crippen LogP) is 4.56. The molecule has 0 saturated carbocycles. The van der Waals surface area contributed by atoms with Crippen LogP contribution in [-0.2, 0) is 17.8 Å². The van der Waals surface area contributed by atoms with Crippen LogP contribution in [0.1, 0.15) is 54.3 Å². The highest BCUT2D eigenvalue weighted by Crippen LogP contribution is 2.34. The highest BCUT2D eigenvalue weighted by molar-refractivity contribution is 5.94. The number of hydrogen-bond donors (Lipinski definition) is 3. The van der Waals surface area contributed by atoms with E-state index in [-0.39, 0.29) is 24.4 Å². The van der Waals surface area contributed by atoms with Gasteiger partial charge in [-0.25, -0.2) is 4.98 Å². The quantitative estimate of drug-likeness (QED) is 0.305. The van der Waals surface area contributed by atoms with Crippen LogP contribution in [-0.4, -0.2) is 46.6 Å². The number of rotatable bonds is 8. The molecule has 3 aromatic heterocycles. The molecule has 8 nitrogen and oxygen atoms in total. The molecule has 1 amide bonds. The van der Waals surface area contributed by atoms with E-state index in [1.807, 2.05) is 26.1 Å². The number of anilines is 1. The van der Waals surface area contributed by atoms with Gasteiger partial charge in [-0.3, -0.25) is 9.59 Å². The van der Waals surface area contributed by atoms with E-state index >= 15 is 0 Å². The molecule has 1 fully saturated rings. The fraction of sp³-hybridized carbons (Fsp3) is 0.406. The number of carbonyl (C=O) groups is 1. The summed E-state index contributed by atoms with van der Waals surface area (Å²) in [5, 5.41) is 7.49. The molecule has 3 N–H and O–H groups in total. The number of carbonyl (C=O) groups excluding carboxylic acids is 1. The number of fused-ring (bicyclic) bond motifs is 1. The van der Waals surface area contributed by atoms with Gasteiger partial charge in [0.05, 0.1) is 6.42 Å². The van der Waals surface area contributed by atoms with E-state index in [1.165, 1.54) is 0 Å². The number of nitrogens with zero attached hydrogens (tertiary/aromatic N) is 3. The van der Waals surface area contributed by atoms with Crippen LogP contribution in [0.25, 0.3) is 22.0 Å². The molecule has 0 spiro atoms. The molecule has 4 heterocycles. The number of pyridine rings is 2. The van der Waals surface area contributed by atoms with Gasteiger partial charge in [0.25, 0.3) is 5.56 Å². The Labute approximate surface area is 235 Å². The van der Waals surface area contributed by atoms with Gasteiger partial charge < -0.3 is 25.1 Å². The van der Waals surface area contributed by atoms with Crippen LogP contribution in [0.2, 0.25) is 0 Å². The molecule has 4 aromatic rings. The molecule has 1 aliphatic heterocycles. The molecule has 0 bridgehead atoms. The van der Waals surface area contributed by atoms with Crippen molar-refractivity contribution in [2.75, 3.05) is 31.1 Å². The summed E-state index contributed by atoms with van der Waals surface area (Å²) in [6, 6.07) is 10.8. The summed E-state index contributed by atoms with van der Waals surface area (Å²) >= 11 is 0. The predicted molar refractivity (Wildman–Crippen MR) is 162 cm³/mol. The van der Waals surface area contributed by atoms with Crippen molar-refractivity contribution in [1.82, 2.24) is 25.2 Å². The lowest BCUT2D eigenvalue weighted by Crippen LogP contribution is -2.43. The maximum Gasteiger partial charge on any atom is 0.253 e. The summed E-state index contributed by atoms with van der Waals surface area (Å²) in [7, 11) is 0. The van der Waals surface area contributed by atoms with Crippen molar-refractivity contribution in [2.45, 2.75) is 60.0 Å². The maximum atomic E-state index is 13.2. The first-order valence-electron chi connectivity index (χ1n) is 14.3. The number of amides is 1.